The average molecular weight is 264 g/mol. The van der Waals surface area contributed by atoms with Crippen LogP contribution in [-0.2, 0) is 6.54 Å². The van der Waals surface area contributed by atoms with Crippen molar-refractivity contribution in [2.75, 3.05) is 0 Å². The van der Waals surface area contributed by atoms with Gasteiger partial charge < -0.3 is 10.3 Å². The van der Waals surface area contributed by atoms with Crippen LogP contribution < -0.4 is 11.3 Å². The van der Waals surface area contributed by atoms with Gasteiger partial charge in [-0.1, -0.05) is 37.9 Å². The molecule has 0 atom stereocenters. The van der Waals surface area contributed by atoms with E-state index < -0.39 is 0 Å². The van der Waals surface area contributed by atoms with Crippen molar-refractivity contribution in [3.8, 4) is 0 Å². The molecule has 0 aliphatic heterocycles. The summed E-state index contributed by atoms with van der Waals surface area (Å²) >= 11 is 4.91. The van der Waals surface area contributed by atoms with Crippen LogP contribution in [0.2, 0.25) is 0 Å². The summed E-state index contributed by atoms with van der Waals surface area (Å²) in [5.74, 6) is 0.782. The summed E-state index contributed by atoms with van der Waals surface area (Å²) in [4.78, 5) is 12.4. The lowest BCUT2D eigenvalue weighted by Gasteiger charge is -2.14. The van der Waals surface area contributed by atoms with Crippen molar-refractivity contribution in [2.45, 2.75) is 45.6 Å². The third kappa shape index (κ3) is 2.80. The highest BCUT2D eigenvalue weighted by molar-refractivity contribution is 7.80. The third-order valence-electron chi connectivity index (χ3n) is 3.89. The van der Waals surface area contributed by atoms with Gasteiger partial charge in [-0.3, -0.25) is 4.79 Å². The Hall–Kier alpha value is -1.16. The van der Waals surface area contributed by atoms with Crippen molar-refractivity contribution in [3.63, 3.8) is 0 Å². The van der Waals surface area contributed by atoms with Gasteiger partial charge in [0.05, 0.1) is 5.56 Å². The monoisotopic (exact) mass is 264 g/mol. The second-order valence-corrected chi connectivity index (χ2v) is 5.59. The van der Waals surface area contributed by atoms with Crippen molar-refractivity contribution in [1.29, 1.82) is 0 Å². The van der Waals surface area contributed by atoms with E-state index in [-0.39, 0.29) is 10.5 Å². The molecular weight excluding hydrogens is 244 g/mol. The second kappa shape index (κ2) is 5.65. The van der Waals surface area contributed by atoms with Crippen LogP contribution in [0.4, 0.5) is 0 Å². The fourth-order valence-corrected chi connectivity index (χ4v) is 2.90. The zero-order chi connectivity index (χ0) is 13.1. The van der Waals surface area contributed by atoms with E-state index in [1.54, 1.807) is 6.07 Å². The third-order valence-corrected chi connectivity index (χ3v) is 4.11. The molecular formula is C14H20N2OS. The molecule has 2 rings (SSSR count). The minimum absolute atomic E-state index is 0.0412. The smallest absolute Gasteiger partial charge is 0.260 e. The van der Waals surface area contributed by atoms with Gasteiger partial charge >= 0.3 is 0 Å². The van der Waals surface area contributed by atoms with Crippen molar-refractivity contribution in [3.05, 3.63) is 33.7 Å². The van der Waals surface area contributed by atoms with Crippen LogP contribution in [0, 0.1) is 12.8 Å². The van der Waals surface area contributed by atoms with E-state index in [2.05, 4.69) is 0 Å². The van der Waals surface area contributed by atoms with Gasteiger partial charge in [0.2, 0.25) is 0 Å². The van der Waals surface area contributed by atoms with E-state index >= 15 is 0 Å². The Morgan fingerprint density at radius 2 is 2.11 bits per heavy atom. The topological polar surface area (TPSA) is 48.0 Å². The molecule has 3 nitrogen and oxygen atoms in total. The largest absolute Gasteiger partial charge is 0.389 e. The fraction of sp³-hybridized carbons (Fsp3) is 0.571. The Morgan fingerprint density at radius 3 is 2.72 bits per heavy atom. The number of thiocarbonyl (C=S) groups is 1. The molecule has 1 fully saturated rings. The molecule has 1 aliphatic rings. The highest BCUT2D eigenvalue weighted by Gasteiger charge is 2.16. The molecule has 1 aromatic rings. The van der Waals surface area contributed by atoms with Crippen molar-refractivity contribution < 1.29 is 0 Å². The summed E-state index contributed by atoms with van der Waals surface area (Å²) in [6.07, 6.45) is 6.38. The first kappa shape index (κ1) is 13.3. The van der Waals surface area contributed by atoms with Crippen LogP contribution in [0.5, 0.6) is 0 Å². The van der Waals surface area contributed by atoms with Crippen LogP contribution in [0.1, 0.15) is 43.4 Å². The summed E-state index contributed by atoms with van der Waals surface area (Å²) in [5.41, 5.74) is 6.97. The van der Waals surface area contributed by atoms with Crippen molar-refractivity contribution >= 4 is 17.2 Å². The Labute approximate surface area is 113 Å². The quantitative estimate of drug-likeness (QED) is 0.849. The molecule has 0 aromatic carbocycles. The van der Waals surface area contributed by atoms with Gasteiger partial charge in [-0.2, -0.15) is 0 Å². The second-order valence-electron chi connectivity index (χ2n) is 5.15. The van der Waals surface area contributed by atoms with Crippen molar-refractivity contribution in [2.24, 2.45) is 11.7 Å². The number of nitrogens with two attached hydrogens (primary N) is 1. The van der Waals surface area contributed by atoms with E-state index in [0.717, 1.165) is 24.6 Å². The van der Waals surface area contributed by atoms with Gasteiger partial charge in [0.25, 0.3) is 5.56 Å². The lowest BCUT2D eigenvalue weighted by atomic mass is 10.0. The fourth-order valence-electron chi connectivity index (χ4n) is 2.75. The lowest BCUT2D eigenvalue weighted by molar-refractivity contribution is 0.449. The van der Waals surface area contributed by atoms with E-state index in [1.807, 2.05) is 17.6 Å². The number of aryl methyl sites for hydroxylation is 1. The molecule has 0 spiro atoms. The number of hydrogen-bond acceptors (Lipinski definition) is 2. The van der Waals surface area contributed by atoms with Gasteiger partial charge in [-0.15, -0.1) is 0 Å². The van der Waals surface area contributed by atoms with Crippen LogP contribution in [0.25, 0.3) is 0 Å². The number of nitrogens with zero attached hydrogens (tertiary/aromatic N) is 1. The number of rotatable bonds is 4. The molecule has 1 saturated carbocycles. The van der Waals surface area contributed by atoms with Crippen LogP contribution in [-0.4, -0.2) is 9.56 Å². The first-order valence-electron chi connectivity index (χ1n) is 6.60. The number of pyridine rings is 1. The number of aromatic nitrogens is 1. The molecule has 4 heteroatoms. The van der Waals surface area contributed by atoms with E-state index in [4.69, 9.17) is 18.0 Å². The first-order valence-corrected chi connectivity index (χ1v) is 7.00. The predicted molar refractivity (Wildman–Crippen MR) is 77.9 cm³/mol. The number of hydrogen-bond donors (Lipinski definition) is 1. The molecule has 98 valence electrons. The maximum absolute atomic E-state index is 12.2. The molecule has 0 amide bonds. The molecule has 0 bridgehead atoms. The zero-order valence-corrected chi connectivity index (χ0v) is 11.6. The Kier molecular flexibility index (Phi) is 4.17. The Balaban J connectivity index is 2.18. The Bertz CT molecular complexity index is 501. The summed E-state index contributed by atoms with van der Waals surface area (Å²) < 4.78 is 1.81. The molecule has 0 unspecified atom stereocenters. The first-order chi connectivity index (χ1) is 8.59. The van der Waals surface area contributed by atoms with Crippen LogP contribution >= 0.6 is 12.2 Å². The molecule has 0 saturated heterocycles. The molecule has 18 heavy (non-hydrogen) atoms. The van der Waals surface area contributed by atoms with E-state index in [0.29, 0.717) is 5.56 Å². The average Bonchev–Trinajstić information content (AvgIpc) is 2.81. The Morgan fingerprint density at radius 1 is 1.44 bits per heavy atom. The molecule has 1 heterocycles. The normalized spacial score (nSPS) is 16.1. The zero-order valence-electron chi connectivity index (χ0n) is 10.8. The highest BCUT2D eigenvalue weighted by Crippen LogP contribution is 2.27. The maximum atomic E-state index is 12.2. The summed E-state index contributed by atoms with van der Waals surface area (Å²) in [5, 5.41) is 0. The van der Waals surface area contributed by atoms with Gasteiger partial charge in [0.15, 0.2) is 0 Å². The highest BCUT2D eigenvalue weighted by atomic mass is 32.1. The predicted octanol–water partition coefficient (Wildman–Crippen LogP) is 2.37. The van der Waals surface area contributed by atoms with Gasteiger partial charge in [0, 0.05) is 12.2 Å². The van der Waals surface area contributed by atoms with E-state index in [1.165, 1.54) is 25.7 Å². The van der Waals surface area contributed by atoms with Crippen LogP contribution in [0.3, 0.4) is 0 Å². The summed E-state index contributed by atoms with van der Waals surface area (Å²) in [7, 11) is 0. The molecule has 2 N–H and O–H groups in total. The van der Waals surface area contributed by atoms with Crippen molar-refractivity contribution in [1.82, 2.24) is 4.57 Å². The SMILES string of the molecule is Cc1ccc(C(N)=S)c(=O)n1CCC1CCCC1. The molecule has 1 aliphatic carbocycles. The summed E-state index contributed by atoms with van der Waals surface area (Å²) in [6.45, 7) is 2.74. The maximum Gasteiger partial charge on any atom is 0.260 e. The molecule has 0 radical (unpaired) electrons. The summed E-state index contributed by atoms with van der Waals surface area (Å²) in [6, 6.07) is 3.65. The van der Waals surface area contributed by atoms with Gasteiger partial charge in [0.1, 0.15) is 4.99 Å². The minimum Gasteiger partial charge on any atom is -0.389 e. The van der Waals surface area contributed by atoms with Gasteiger partial charge in [-0.05, 0) is 31.4 Å². The van der Waals surface area contributed by atoms with E-state index in [9.17, 15) is 4.79 Å². The lowest BCUT2D eigenvalue weighted by Crippen LogP contribution is -2.30. The molecule has 1 aromatic heterocycles. The minimum atomic E-state index is -0.0412. The van der Waals surface area contributed by atoms with Gasteiger partial charge in [-0.25, -0.2) is 0 Å². The standard InChI is InChI=1S/C14H20N2OS/c1-10-6-7-12(13(15)18)14(17)16(10)9-8-11-4-2-3-5-11/h6-7,11H,2-5,8-9H2,1H3,(H2,15,18). The van der Waals surface area contributed by atoms with Crippen LogP contribution in [0.15, 0.2) is 16.9 Å².